The molecule has 1 aromatic rings. The molecule has 0 N–H and O–H groups in total. The number of rotatable bonds is 4. The fourth-order valence-corrected chi connectivity index (χ4v) is 3.87. The first-order valence-electron chi connectivity index (χ1n) is 9.95. The van der Waals surface area contributed by atoms with Gasteiger partial charge in [0.15, 0.2) is 0 Å². The summed E-state index contributed by atoms with van der Waals surface area (Å²) in [5.41, 5.74) is 2.00. The van der Waals surface area contributed by atoms with Crippen molar-refractivity contribution < 1.29 is 9.59 Å². The Balaban J connectivity index is 1.66. The maximum absolute atomic E-state index is 12.6. The molecule has 0 atom stereocenters. The van der Waals surface area contributed by atoms with E-state index in [0.717, 1.165) is 50.6 Å². The van der Waals surface area contributed by atoms with Gasteiger partial charge in [0.25, 0.3) is 0 Å². The zero-order valence-corrected chi connectivity index (χ0v) is 16.1. The van der Waals surface area contributed by atoms with E-state index in [-0.39, 0.29) is 18.4 Å². The second kappa shape index (κ2) is 8.56. The number of anilines is 2. The lowest BCUT2D eigenvalue weighted by Crippen LogP contribution is -2.44. The summed E-state index contributed by atoms with van der Waals surface area (Å²) in [6.45, 7) is 7.78. The van der Waals surface area contributed by atoms with Crippen LogP contribution < -0.4 is 9.80 Å². The average molecular weight is 357 g/mol. The molecule has 1 aromatic carbocycles. The summed E-state index contributed by atoms with van der Waals surface area (Å²) >= 11 is 0. The summed E-state index contributed by atoms with van der Waals surface area (Å²) in [4.78, 5) is 30.6. The van der Waals surface area contributed by atoms with Crippen molar-refractivity contribution >= 4 is 23.2 Å². The minimum Gasteiger partial charge on any atom is -0.372 e. The Labute approximate surface area is 156 Å². The molecule has 0 spiro atoms. The number of piperidine rings is 2. The molecular formula is C21H31N3O2. The molecule has 0 radical (unpaired) electrons. The van der Waals surface area contributed by atoms with Gasteiger partial charge in [-0.3, -0.25) is 9.59 Å². The first kappa shape index (κ1) is 18.7. The minimum absolute atomic E-state index is 0.0500. The predicted molar refractivity (Wildman–Crippen MR) is 106 cm³/mol. The first-order chi connectivity index (χ1) is 12.5. The fourth-order valence-electron chi connectivity index (χ4n) is 3.87. The highest BCUT2D eigenvalue weighted by Gasteiger charge is 2.22. The second-order valence-corrected chi connectivity index (χ2v) is 7.73. The molecule has 0 aromatic heterocycles. The van der Waals surface area contributed by atoms with E-state index in [2.05, 4.69) is 24.0 Å². The Morgan fingerprint density at radius 2 is 1.62 bits per heavy atom. The smallest absolute Gasteiger partial charge is 0.242 e. The van der Waals surface area contributed by atoms with Gasteiger partial charge in [-0.05, 0) is 62.3 Å². The zero-order chi connectivity index (χ0) is 18.5. The topological polar surface area (TPSA) is 43.9 Å². The van der Waals surface area contributed by atoms with Crippen LogP contribution >= 0.6 is 0 Å². The Morgan fingerprint density at radius 1 is 1.00 bits per heavy atom. The Kier molecular flexibility index (Phi) is 6.17. The Morgan fingerprint density at radius 3 is 2.19 bits per heavy atom. The summed E-state index contributed by atoms with van der Waals surface area (Å²) < 4.78 is 0. The van der Waals surface area contributed by atoms with E-state index < -0.39 is 0 Å². The van der Waals surface area contributed by atoms with Crippen LogP contribution in [0.2, 0.25) is 0 Å². The summed E-state index contributed by atoms with van der Waals surface area (Å²) in [6, 6.07) is 8.09. The zero-order valence-electron chi connectivity index (χ0n) is 16.1. The second-order valence-electron chi connectivity index (χ2n) is 7.73. The SMILES string of the molecule is CC(=O)N(CC(=O)N1CCCCC1)c1ccc(N2CCC(C)CC2)cc1. The third kappa shape index (κ3) is 4.57. The normalized spacial score (nSPS) is 18.7. The van der Waals surface area contributed by atoms with Crippen molar-refractivity contribution in [3.05, 3.63) is 24.3 Å². The maximum Gasteiger partial charge on any atom is 0.242 e. The van der Waals surface area contributed by atoms with Gasteiger partial charge in [0.05, 0.1) is 0 Å². The molecule has 0 aliphatic carbocycles. The van der Waals surface area contributed by atoms with Crippen LogP contribution in [-0.2, 0) is 9.59 Å². The van der Waals surface area contributed by atoms with Crippen LogP contribution in [0.25, 0.3) is 0 Å². The van der Waals surface area contributed by atoms with Gasteiger partial charge in [0, 0.05) is 44.5 Å². The van der Waals surface area contributed by atoms with Crippen molar-refractivity contribution in [2.45, 2.75) is 46.0 Å². The molecule has 5 heteroatoms. The molecule has 142 valence electrons. The van der Waals surface area contributed by atoms with Crippen molar-refractivity contribution in [1.82, 2.24) is 4.90 Å². The molecule has 2 heterocycles. The van der Waals surface area contributed by atoms with E-state index in [0.29, 0.717) is 0 Å². The third-order valence-corrected chi connectivity index (χ3v) is 5.69. The third-order valence-electron chi connectivity index (χ3n) is 5.69. The Bertz CT molecular complexity index is 615. The van der Waals surface area contributed by atoms with Crippen molar-refractivity contribution in [1.29, 1.82) is 0 Å². The van der Waals surface area contributed by atoms with E-state index in [4.69, 9.17) is 0 Å². The predicted octanol–water partition coefficient (Wildman–Crippen LogP) is 3.29. The Hall–Kier alpha value is -2.04. The molecule has 2 aliphatic heterocycles. The summed E-state index contributed by atoms with van der Waals surface area (Å²) in [6.07, 6.45) is 5.78. The average Bonchev–Trinajstić information content (AvgIpc) is 2.67. The van der Waals surface area contributed by atoms with Crippen LogP contribution in [0.5, 0.6) is 0 Å². The quantitative estimate of drug-likeness (QED) is 0.830. The highest BCUT2D eigenvalue weighted by Crippen LogP contribution is 2.25. The first-order valence-corrected chi connectivity index (χ1v) is 9.95. The van der Waals surface area contributed by atoms with Gasteiger partial charge in [-0.1, -0.05) is 6.92 Å². The molecular weight excluding hydrogens is 326 g/mol. The van der Waals surface area contributed by atoms with Crippen molar-refractivity contribution in [2.75, 3.05) is 42.5 Å². The number of hydrogen-bond acceptors (Lipinski definition) is 3. The molecule has 3 rings (SSSR count). The van der Waals surface area contributed by atoms with E-state index in [9.17, 15) is 9.59 Å². The van der Waals surface area contributed by atoms with E-state index in [1.54, 1.807) is 4.90 Å². The molecule has 0 saturated carbocycles. The lowest BCUT2D eigenvalue weighted by molar-refractivity contribution is -0.132. The van der Waals surface area contributed by atoms with Crippen LogP contribution in [0.3, 0.4) is 0 Å². The molecule has 0 bridgehead atoms. The molecule has 26 heavy (non-hydrogen) atoms. The van der Waals surface area contributed by atoms with Gasteiger partial charge in [-0.25, -0.2) is 0 Å². The molecule has 2 aliphatic rings. The van der Waals surface area contributed by atoms with Crippen molar-refractivity contribution in [2.24, 2.45) is 5.92 Å². The minimum atomic E-state index is -0.0880. The van der Waals surface area contributed by atoms with Gasteiger partial charge < -0.3 is 14.7 Å². The van der Waals surface area contributed by atoms with Gasteiger partial charge in [0.2, 0.25) is 11.8 Å². The molecule has 5 nitrogen and oxygen atoms in total. The van der Waals surface area contributed by atoms with Crippen molar-refractivity contribution in [3.63, 3.8) is 0 Å². The summed E-state index contributed by atoms with van der Waals surface area (Å²) in [7, 11) is 0. The van der Waals surface area contributed by atoms with Crippen LogP contribution in [0.15, 0.2) is 24.3 Å². The summed E-state index contributed by atoms with van der Waals surface area (Å²) in [5, 5.41) is 0. The van der Waals surface area contributed by atoms with Crippen molar-refractivity contribution in [3.8, 4) is 0 Å². The van der Waals surface area contributed by atoms with Crippen LogP contribution in [0.1, 0.15) is 46.0 Å². The molecule has 2 fully saturated rings. The van der Waals surface area contributed by atoms with E-state index in [1.807, 2.05) is 17.0 Å². The van der Waals surface area contributed by atoms with Crippen LogP contribution in [-0.4, -0.2) is 49.4 Å². The molecule has 0 unspecified atom stereocenters. The van der Waals surface area contributed by atoms with E-state index >= 15 is 0 Å². The van der Waals surface area contributed by atoms with Crippen LogP contribution in [0.4, 0.5) is 11.4 Å². The molecule has 2 amide bonds. The number of benzene rings is 1. The maximum atomic E-state index is 12.6. The number of likely N-dealkylation sites (tertiary alicyclic amines) is 1. The van der Waals surface area contributed by atoms with Gasteiger partial charge >= 0.3 is 0 Å². The highest BCUT2D eigenvalue weighted by molar-refractivity contribution is 5.97. The fraction of sp³-hybridized carbons (Fsp3) is 0.619. The largest absolute Gasteiger partial charge is 0.372 e. The molecule has 2 saturated heterocycles. The number of hydrogen-bond donors (Lipinski definition) is 0. The number of amides is 2. The highest BCUT2D eigenvalue weighted by atomic mass is 16.2. The van der Waals surface area contributed by atoms with Gasteiger partial charge in [-0.2, -0.15) is 0 Å². The summed E-state index contributed by atoms with van der Waals surface area (Å²) in [5.74, 6) is 0.767. The lowest BCUT2D eigenvalue weighted by atomic mass is 9.99. The standard InChI is InChI=1S/C21H31N3O2/c1-17-10-14-22(15-11-17)19-6-8-20(9-7-19)24(18(2)25)16-21(26)23-12-4-3-5-13-23/h6-9,17H,3-5,10-16H2,1-2H3. The van der Waals surface area contributed by atoms with Gasteiger partial charge in [-0.15, -0.1) is 0 Å². The van der Waals surface area contributed by atoms with Gasteiger partial charge in [0.1, 0.15) is 6.54 Å². The monoisotopic (exact) mass is 357 g/mol. The number of nitrogens with zero attached hydrogens (tertiary/aromatic N) is 3. The number of carbonyl (C=O) groups is 2. The van der Waals surface area contributed by atoms with Crippen LogP contribution in [0, 0.1) is 5.92 Å². The number of carbonyl (C=O) groups excluding carboxylic acids is 2. The lowest BCUT2D eigenvalue weighted by Gasteiger charge is -2.33. The van der Waals surface area contributed by atoms with E-state index in [1.165, 1.54) is 31.9 Å².